The molecule has 0 aromatic rings. The average molecular weight is 248 g/mol. The molecule has 6 nitrogen and oxygen atoms in total. The van der Waals surface area contributed by atoms with E-state index >= 15 is 0 Å². The molecule has 7 heteroatoms. The first-order chi connectivity index (χ1) is 7.46. The van der Waals surface area contributed by atoms with Crippen LogP contribution in [-0.2, 0) is 19.7 Å². The maximum atomic E-state index is 11.8. The van der Waals surface area contributed by atoms with E-state index in [1.165, 1.54) is 18.5 Å². The molecule has 2 aliphatic rings. The molecule has 2 rings (SSSR count). The van der Waals surface area contributed by atoms with E-state index in [1.54, 1.807) is 0 Å². The van der Waals surface area contributed by atoms with Crippen molar-refractivity contribution in [1.29, 1.82) is 0 Å². The molecule has 0 bridgehead atoms. The third-order valence-electron chi connectivity index (χ3n) is 3.09. The Morgan fingerprint density at radius 3 is 2.38 bits per heavy atom. The highest BCUT2D eigenvalue weighted by Crippen LogP contribution is 2.34. The third-order valence-corrected chi connectivity index (χ3v) is 5.42. The van der Waals surface area contributed by atoms with Gasteiger partial charge < -0.3 is 0 Å². The monoisotopic (exact) mass is 248 g/mol. The van der Waals surface area contributed by atoms with Crippen LogP contribution in [0.5, 0.6) is 0 Å². The van der Waals surface area contributed by atoms with E-state index in [0.717, 1.165) is 17.9 Å². The number of hydrogen-bond acceptors (Lipinski definition) is 4. The number of sulfonamides is 1. The zero-order valence-corrected chi connectivity index (χ0v) is 10.2. The van der Waals surface area contributed by atoms with Crippen molar-refractivity contribution in [3.63, 3.8) is 0 Å². The second kappa shape index (κ2) is 3.97. The van der Waals surface area contributed by atoms with E-state index in [2.05, 4.69) is 0 Å². The highest BCUT2D eigenvalue weighted by molar-refractivity contribution is 7.90. The van der Waals surface area contributed by atoms with Gasteiger partial charge in [-0.3, -0.25) is 9.63 Å². The molecule has 1 saturated carbocycles. The number of amides is 1. The average Bonchev–Trinajstić information content (AvgIpc) is 2.96. The molecule has 0 N–H and O–H groups in total. The minimum Gasteiger partial charge on any atom is -0.275 e. The van der Waals surface area contributed by atoms with Crippen molar-refractivity contribution < 1.29 is 18.0 Å². The lowest BCUT2D eigenvalue weighted by molar-refractivity contribution is -0.176. The standard InChI is InChI=1S/C9H16N2O4S/c1-10(15-2)9(12)7-5-11(6-7)16(13,14)8-3-4-8/h7-8H,3-6H2,1-2H3. The van der Waals surface area contributed by atoms with Crippen LogP contribution in [0, 0.1) is 5.92 Å². The Balaban J connectivity index is 1.88. The van der Waals surface area contributed by atoms with Gasteiger partial charge in [-0.05, 0) is 12.8 Å². The molecule has 0 aromatic carbocycles. The molecular formula is C9H16N2O4S. The Bertz CT molecular complexity index is 384. The van der Waals surface area contributed by atoms with Crippen LogP contribution in [-0.4, -0.2) is 56.2 Å². The molecule has 0 atom stereocenters. The summed E-state index contributed by atoms with van der Waals surface area (Å²) >= 11 is 0. The first-order valence-electron chi connectivity index (χ1n) is 5.27. The lowest BCUT2D eigenvalue weighted by Crippen LogP contribution is -2.56. The highest BCUT2D eigenvalue weighted by Gasteiger charge is 2.47. The predicted octanol–water partition coefficient (Wildman–Crippen LogP) is -0.570. The SMILES string of the molecule is CON(C)C(=O)C1CN(S(=O)(=O)C2CC2)C1. The maximum absolute atomic E-state index is 11.8. The van der Waals surface area contributed by atoms with Crippen LogP contribution in [0.4, 0.5) is 0 Å². The van der Waals surface area contributed by atoms with Crippen molar-refractivity contribution in [2.24, 2.45) is 5.92 Å². The molecular weight excluding hydrogens is 232 g/mol. The molecule has 1 amide bonds. The van der Waals surface area contributed by atoms with Crippen LogP contribution in [0.2, 0.25) is 0 Å². The predicted molar refractivity (Wildman–Crippen MR) is 56.8 cm³/mol. The van der Waals surface area contributed by atoms with Crippen molar-refractivity contribution in [3.8, 4) is 0 Å². The summed E-state index contributed by atoms with van der Waals surface area (Å²) in [5, 5.41) is 0.954. The van der Waals surface area contributed by atoms with Gasteiger partial charge in [-0.15, -0.1) is 0 Å². The molecule has 0 aromatic heterocycles. The van der Waals surface area contributed by atoms with E-state index in [9.17, 15) is 13.2 Å². The minimum absolute atomic E-state index is 0.162. The van der Waals surface area contributed by atoms with Gasteiger partial charge in [-0.25, -0.2) is 13.5 Å². The molecule has 2 fully saturated rings. The largest absolute Gasteiger partial charge is 0.275 e. The second-order valence-electron chi connectivity index (χ2n) is 4.28. The van der Waals surface area contributed by atoms with Gasteiger partial charge in [0.05, 0.1) is 18.3 Å². The lowest BCUT2D eigenvalue weighted by Gasteiger charge is -2.38. The van der Waals surface area contributed by atoms with Gasteiger partial charge in [0.1, 0.15) is 0 Å². The van der Waals surface area contributed by atoms with E-state index in [4.69, 9.17) is 4.84 Å². The lowest BCUT2D eigenvalue weighted by atomic mass is 10.0. The molecule has 92 valence electrons. The van der Waals surface area contributed by atoms with Crippen molar-refractivity contribution in [3.05, 3.63) is 0 Å². The van der Waals surface area contributed by atoms with Crippen LogP contribution in [0.25, 0.3) is 0 Å². The Morgan fingerprint density at radius 2 is 1.94 bits per heavy atom. The third kappa shape index (κ3) is 1.94. The minimum atomic E-state index is -3.11. The van der Waals surface area contributed by atoms with Crippen LogP contribution in [0.3, 0.4) is 0 Å². The molecule has 16 heavy (non-hydrogen) atoms. The first kappa shape index (κ1) is 11.8. The fraction of sp³-hybridized carbons (Fsp3) is 0.889. The van der Waals surface area contributed by atoms with Gasteiger partial charge in [0.2, 0.25) is 10.0 Å². The Morgan fingerprint density at radius 1 is 1.38 bits per heavy atom. The molecule has 1 aliphatic heterocycles. The molecule has 1 heterocycles. The summed E-state index contributed by atoms with van der Waals surface area (Å²) in [7, 11) is -0.166. The Kier molecular flexibility index (Phi) is 2.93. The van der Waals surface area contributed by atoms with Gasteiger partial charge in [0, 0.05) is 20.1 Å². The van der Waals surface area contributed by atoms with Gasteiger partial charge in [0.25, 0.3) is 5.91 Å². The van der Waals surface area contributed by atoms with Gasteiger partial charge >= 0.3 is 0 Å². The second-order valence-corrected chi connectivity index (χ2v) is 6.49. The summed E-state index contributed by atoms with van der Waals surface area (Å²) in [5.74, 6) is -0.414. The number of rotatable bonds is 4. The molecule has 1 aliphatic carbocycles. The Labute approximate surface area is 95.2 Å². The normalized spacial score (nSPS) is 22.9. The fourth-order valence-corrected chi connectivity index (χ4v) is 3.65. The number of hydroxylamine groups is 2. The number of hydrogen-bond donors (Lipinski definition) is 0. The Hall–Kier alpha value is -0.660. The topological polar surface area (TPSA) is 66.9 Å². The van der Waals surface area contributed by atoms with Gasteiger partial charge in [0.15, 0.2) is 0 Å². The number of carbonyl (C=O) groups is 1. The maximum Gasteiger partial charge on any atom is 0.251 e. The summed E-state index contributed by atoms with van der Waals surface area (Å²) in [4.78, 5) is 16.4. The number of carbonyl (C=O) groups excluding carboxylic acids is 1. The van der Waals surface area contributed by atoms with E-state index < -0.39 is 10.0 Å². The first-order valence-corrected chi connectivity index (χ1v) is 6.77. The van der Waals surface area contributed by atoms with Crippen LogP contribution >= 0.6 is 0 Å². The fourth-order valence-electron chi connectivity index (χ4n) is 1.73. The van der Waals surface area contributed by atoms with E-state index in [-0.39, 0.29) is 17.1 Å². The zero-order chi connectivity index (χ0) is 11.9. The number of nitrogens with zero attached hydrogens (tertiary/aromatic N) is 2. The van der Waals surface area contributed by atoms with E-state index in [1.807, 2.05) is 0 Å². The molecule has 0 spiro atoms. The van der Waals surface area contributed by atoms with Crippen molar-refractivity contribution in [2.45, 2.75) is 18.1 Å². The molecule has 0 unspecified atom stereocenters. The van der Waals surface area contributed by atoms with Crippen LogP contribution in [0.1, 0.15) is 12.8 Å². The van der Waals surface area contributed by atoms with E-state index in [0.29, 0.717) is 13.1 Å². The van der Waals surface area contributed by atoms with Gasteiger partial charge in [-0.2, -0.15) is 4.31 Å². The zero-order valence-electron chi connectivity index (χ0n) is 9.42. The van der Waals surface area contributed by atoms with Crippen molar-refractivity contribution in [1.82, 2.24) is 9.37 Å². The highest BCUT2D eigenvalue weighted by atomic mass is 32.2. The van der Waals surface area contributed by atoms with Crippen LogP contribution in [0.15, 0.2) is 0 Å². The van der Waals surface area contributed by atoms with Crippen molar-refractivity contribution in [2.75, 3.05) is 27.2 Å². The molecule has 0 radical (unpaired) electrons. The summed E-state index contributed by atoms with van der Waals surface area (Å²) < 4.78 is 24.9. The van der Waals surface area contributed by atoms with Crippen molar-refractivity contribution >= 4 is 15.9 Å². The van der Waals surface area contributed by atoms with Crippen LogP contribution < -0.4 is 0 Å². The summed E-state index contributed by atoms with van der Waals surface area (Å²) in [6.07, 6.45) is 1.52. The summed E-state index contributed by atoms with van der Waals surface area (Å²) in [5.41, 5.74) is 0. The van der Waals surface area contributed by atoms with Gasteiger partial charge in [-0.1, -0.05) is 0 Å². The smallest absolute Gasteiger partial charge is 0.251 e. The quantitative estimate of drug-likeness (QED) is 0.625. The molecule has 1 saturated heterocycles. The summed E-state index contributed by atoms with van der Waals surface area (Å²) in [6, 6.07) is 0. The summed E-state index contributed by atoms with van der Waals surface area (Å²) in [6.45, 7) is 0.594.